The highest BCUT2D eigenvalue weighted by atomic mass is 16.4. The summed E-state index contributed by atoms with van der Waals surface area (Å²) in [5.41, 5.74) is 0. The molecule has 7 heteroatoms. The van der Waals surface area contributed by atoms with Crippen LogP contribution < -0.4 is 5.32 Å². The maximum absolute atomic E-state index is 11.8. The Bertz CT molecular complexity index is 394. The Balaban J connectivity index is 1.86. The number of nitrogens with one attached hydrogen (secondary N) is 1. The van der Waals surface area contributed by atoms with Gasteiger partial charge in [-0.1, -0.05) is 0 Å². The zero-order valence-corrected chi connectivity index (χ0v) is 10.5. The normalized spacial score (nSPS) is 24.4. The first-order chi connectivity index (χ1) is 9.01. The Kier molecular flexibility index (Phi) is 4.04. The van der Waals surface area contributed by atoms with Crippen molar-refractivity contribution in [3.63, 3.8) is 0 Å². The molecule has 1 saturated carbocycles. The molecule has 2 atom stereocenters. The maximum Gasteiger partial charge on any atom is 0.328 e. The quantitative estimate of drug-likeness (QED) is 0.562. The topological polar surface area (TPSA) is 107 Å². The van der Waals surface area contributed by atoms with Crippen LogP contribution in [0.1, 0.15) is 19.3 Å². The molecule has 0 spiro atoms. The summed E-state index contributed by atoms with van der Waals surface area (Å²) >= 11 is 0. The van der Waals surface area contributed by atoms with E-state index in [4.69, 9.17) is 10.2 Å². The van der Waals surface area contributed by atoms with Crippen LogP contribution >= 0.6 is 0 Å². The molecule has 106 valence electrons. The van der Waals surface area contributed by atoms with Gasteiger partial charge in [0, 0.05) is 19.5 Å². The molecule has 1 aliphatic carbocycles. The minimum absolute atomic E-state index is 0.0528. The summed E-state index contributed by atoms with van der Waals surface area (Å²) < 4.78 is 0. The Hall–Kier alpha value is -1.63. The second kappa shape index (κ2) is 5.56. The lowest BCUT2D eigenvalue weighted by atomic mass is 10.1. The highest BCUT2D eigenvalue weighted by Gasteiger charge is 2.38. The number of hydrogen-bond donors (Lipinski definition) is 3. The van der Waals surface area contributed by atoms with E-state index in [1.165, 1.54) is 0 Å². The van der Waals surface area contributed by atoms with Gasteiger partial charge in [0.15, 0.2) is 0 Å². The molecule has 1 heterocycles. The summed E-state index contributed by atoms with van der Waals surface area (Å²) in [5.74, 6) is -1.76. The van der Waals surface area contributed by atoms with Gasteiger partial charge in [0.2, 0.25) is 11.8 Å². The van der Waals surface area contributed by atoms with Gasteiger partial charge in [-0.25, -0.2) is 4.79 Å². The fourth-order valence-electron chi connectivity index (χ4n) is 2.21. The van der Waals surface area contributed by atoms with Crippen molar-refractivity contribution in [3.8, 4) is 0 Å². The van der Waals surface area contributed by atoms with E-state index in [2.05, 4.69) is 5.32 Å². The fourth-order valence-corrected chi connectivity index (χ4v) is 2.21. The van der Waals surface area contributed by atoms with Crippen LogP contribution in [0.15, 0.2) is 0 Å². The molecule has 0 aromatic rings. The molecule has 7 nitrogen and oxygen atoms in total. The van der Waals surface area contributed by atoms with Crippen molar-refractivity contribution in [2.45, 2.75) is 25.3 Å². The molecule has 0 bridgehead atoms. The van der Waals surface area contributed by atoms with Gasteiger partial charge >= 0.3 is 5.97 Å². The molecule has 3 N–H and O–H groups in total. The number of aliphatic carboxylic acids is 1. The van der Waals surface area contributed by atoms with Crippen molar-refractivity contribution in [2.75, 3.05) is 19.7 Å². The number of amides is 2. The molecule has 1 saturated heterocycles. The molecule has 1 unspecified atom stereocenters. The summed E-state index contributed by atoms with van der Waals surface area (Å²) in [6.45, 7) is 0.386. The van der Waals surface area contributed by atoms with Crippen LogP contribution in [0, 0.1) is 11.8 Å². The number of aliphatic hydroxyl groups is 1. The van der Waals surface area contributed by atoms with E-state index in [1.807, 2.05) is 0 Å². The van der Waals surface area contributed by atoms with Crippen LogP contribution in [0.5, 0.6) is 0 Å². The second-order valence-corrected chi connectivity index (χ2v) is 5.23. The van der Waals surface area contributed by atoms with E-state index in [0.717, 1.165) is 12.8 Å². The Morgan fingerprint density at radius 2 is 2.11 bits per heavy atom. The molecular formula is C12H18N2O5. The Morgan fingerprint density at radius 3 is 2.63 bits per heavy atom. The Morgan fingerprint density at radius 1 is 1.42 bits per heavy atom. The predicted molar refractivity (Wildman–Crippen MR) is 64.1 cm³/mol. The first-order valence-corrected chi connectivity index (χ1v) is 6.43. The van der Waals surface area contributed by atoms with Crippen molar-refractivity contribution in [2.24, 2.45) is 11.8 Å². The highest BCUT2D eigenvalue weighted by molar-refractivity contribution is 5.91. The van der Waals surface area contributed by atoms with Crippen LogP contribution in [-0.4, -0.2) is 58.6 Å². The maximum atomic E-state index is 11.8. The smallest absolute Gasteiger partial charge is 0.328 e. The molecule has 2 rings (SSSR count). The SMILES string of the molecule is O=C(N[C@H](CO)C(=O)O)C1CC(=O)N(CC2CC2)C1. The standard InChI is InChI=1S/C12H18N2O5/c15-6-9(12(18)19)13-11(17)8-3-10(16)14(5-8)4-7-1-2-7/h7-9,15H,1-6H2,(H,13,17)(H,18,19)/t8?,9-/m1/s1. The van der Waals surface area contributed by atoms with Crippen LogP contribution in [-0.2, 0) is 14.4 Å². The van der Waals surface area contributed by atoms with Gasteiger partial charge in [0.05, 0.1) is 12.5 Å². The third kappa shape index (κ3) is 3.44. The largest absolute Gasteiger partial charge is 0.480 e. The van der Waals surface area contributed by atoms with Crippen molar-refractivity contribution in [1.29, 1.82) is 0 Å². The second-order valence-electron chi connectivity index (χ2n) is 5.23. The minimum Gasteiger partial charge on any atom is -0.480 e. The molecule has 2 amide bonds. The van der Waals surface area contributed by atoms with E-state index in [9.17, 15) is 14.4 Å². The molecule has 2 aliphatic rings. The van der Waals surface area contributed by atoms with Gasteiger partial charge in [0.1, 0.15) is 6.04 Å². The van der Waals surface area contributed by atoms with Crippen LogP contribution in [0.2, 0.25) is 0 Å². The number of carbonyl (C=O) groups excluding carboxylic acids is 2. The van der Waals surface area contributed by atoms with Crippen LogP contribution in [0.25, 0.3) is 0 Å². The molecule has 0 aromatic heterocycles. The first kappa shape index (κ1) is 13.8. The lowest BCUT2D eigenvalue weighted by Crippen LogP contribution is -2.46. The van der Waals surface area contributed by atoms with Crippen molar-refractivity contribution in [1.82, 2.24) is 10.2 Å². The number of aliphatic hydroxyl groups excluding tert-OH is 1. The van der Waals surface area contributed by atoms with Crippen molar-refractivity contribution in [3.05, 3.63) is 0 Å². The molecule has 1 aliphatic heterocycles. The molecule has 19 heavy (non-hydrogen) atoms. The zero-order valence-electron chi connectivity index (χ0n) is 10.5. The van der Waals surface area contributed by atoms with Crippen LogP contribution in [0.3, 0.4) is 0 Å². The fraction of sp³-hybridized carbons (Fsp3) is 0.750. The molecule has 0 radical (unpaired) electrons. The van der Waals surface area contributed by atoms with Gasteiger partial charge in [0.25, 0.3) is 0 Å². The number of likely N-dealkylation sites (tertiary alicyclic amines) is 1. The third-order valence-electron chi connectivity index (χ3n) is 3.56. The average molecular weight is 270 g/mol. The van der Waals surface area contributed by atoms with Crippen LogP contribution in [0.4, 0.5) is 0 Å². The molecular weight excluding hydrogens is 252 g/mol. The van der Waals surface area contributed by atoms with E-state index < -0.39 is 30.4 Å². The summed E-state index contributed by atoms with van der Waals surface area (Å²) in [4.78, 5) is 36.0. The van der Waals surface area contributed by atoms with Gasteiger partial charge in [-0.2, -0.15) is 0 Å². The number of rotatable bonds is 6. The number of carboxylic acid groups (broad SMARTS) is 1. The molecule has 0 aromatic carbocycles. The van der Waals surface area contributed by atoms with Crippen molar-refractivity contribution >= 4 is 17.8 Å². The first-order valence-electron chi connectivity index (χ1n) is 6.43. The lowest BCUT2D eigenvalue weighted by molar-refractivity contribution is -0.143. The molecule has 2 fully saturated rings. The number of carboxylic acids is 1. The van der Waals surface area contributed by atoms with Gasteiger partial charge < -0.3 is 20.4 Å². The highest BCUT2D eigenvalue weighted by Crippen LogP contribution is 2.31. The monoisotopic (exact) mass is 270 g/mol. The lowest BCUT2D eigenvalue weighted by Gasteiger charge is -2.17. The van der Waals surface area contributed by atoms with Gasteiger partial charge in [-0.3, -0.25) is 9.59 Å². The van der Waals surface area contributed by atoms with Gasteiger partial charge in [-0.15, -0.1) is 0 Å². The van der Waals surface area contributed by atoms with Gasteiger partial charge in [-0.05, 0) is 18.8 Å². The summed E-state index contributed by atoms with van der Waals surface area (Å²) in [6, 6.07) is -1.31. The zero-order chi connectivity index (χ0) is 14.0. The third-order valence-corrected chi connectivity index (χ3v) is 3.56. The summed E-state index contributed by atoms with van der Waals surface area (Å²) in [5, 5.41) is 19.8. The number of carbonyl (C=O) groups is 3. The van der Waals surface area contributed by atoms with E-state index >= 15 is 0 Å². The number of hydrogen-bond acceptors (Lipinski definition) is 4. The average Bonchev–Trinajstić information content (AvgIpc) is 3.09. The van der Waals surface area contributed by atoms with E-state index in [-0.39, 0.29) is 12.3 Å². The Labute approximate surface area is 110 Å². The van der Waals surface area contributed by atoms with E-state index in [0.29, 0.717) is 19.0 Å². The number of nitrogens with zero attached hydrogens (tertiary/aromatic N) is 1. The van der Waals surface area contributed by atoms with E-state index in [1.54, 1.807) is 4.90 Å². The predicted octanol–water partition coefficient (Wildman–Crippen LogP) is -1.19. The summed E-state index contributed by atoms with van der Waals surface area (Å²) in [6.07, 6.45) is 2.38. The minimum atomic E-state index is -1.31. The summed E-state index contributed by atoms with van der Waals surface area (Å²) in [7, 11) is 0. The van der Waals surface area contributed by atoms with Crippen molar-refractivity contribution < 1.29 is 24.6 Å².